The normalized spacial score (nSPS) is 11.6. The second-order valence-corrected chi connectivity index (χ2v) is 10.3. The lowest BCUT2D eigenvalue weighted by Gasteiger charge is -2.20. The molecule has 0 spiro atoms. The Morgan fingerprint density at radius 1 is 0.543 bits per heavy atom. The topological polar surface area (TPSA) is 18.5 Å². The summed E-state index contributed by atoms with van der Waals surface area (Å²) in [6.45, 7) is 3.02. The van der Waals surface area contributed by atoms with E-state index >= 15 is 4.39 Å². The maximum absolute atomic E-state index is 15.1. The van der Waals surface area contributed by atoms with Crippen LogP contribution in [0.2, 0.25) is 0 Å². The zero-order chi connectivity index (χ0) is 33.2. The number of benzene rings is 5. The van der Waals surface area contributed by atoms with E-state index in [9.17, 15) is 35.1 Å². The van der Waals surface area contributed by atoms with Gasteiger partial charge in [0.25, 0.3) is 0 Å². The van der Waals surface area contributed by atoms with E-state index in [1.165, 1.54) is 12.1 Å². The highest BCUT2D eigenvalue weighted by Crippen LogP contribution is 2.39. The van der Waals surface area contributed by atoms with Gasteiger partial charge in [-0.1, -0.05) is 43.3 Å². The molecule has 5 aromatic carbocycles. The lowest BCUT2D eigenvalue weighted by molar-refractivity contribution is -0.189. The van der Waals surface area contributed by atoms with Crippen molar-refractivity contribution in [2.75, 3.05) is 6.61 Å². The smallest absolute Gasteiger partial charge is 0.429 e. The second kappa shape index (κ2) is 13.3. The molecule has 0 fully saturated rings. The monoisotopic (exact) mass is 646 g/mol. The van der Waals surface area contributed by atoms with E-state index in [2.05, 4.69) is 4.74 Å². The summed E-state index contributed by atoms with van der Waals surface area (Å²) >= 11 is 0. The van der Waals surface area contributed by atoms with Gasteiger partial charge in [-0.3, -0.25) is 0 Å². The molecule has 5 aromatic rings. The van der Waals surface area contributed by atoms with Crippen LogP contribution in [0, 0.1) is 40.7 Å². The molecule has 5 rings (SSSR count). The quantitative estimate of drug-likeness (QED) is 0.0854. The van der Waals surface area contributed by atoms with Crippen molar-refractivity contribution in [2.45, 2.75) is 26.1 Å². The average Bonchev–Trinajstić information content (AvgIpc) is 2.99. The van der Waals surface area contributed by atoms with Crippen LogP contribution in [0.1, 0.15) is 24.5 Å². The largest absolute Gasteiger partial charge is 0.432 e. The molecular formula is C35H23F9O2. The third-order valence-electron chi connectivity index (χ3n) is 7.00. The molecule has 0 heterocycles. The third kappa shape index (κ3) is 6.89. The summed E-state index contributed by atoms with van der Waals surface area (Å²) in [5.74, 6) is -11.6. The predicted octanol–water partition coefficient (Wildman–Crippen LogP) is 10.7. The number of rotatable bonds is 10. The van der Waals surface area contributed by atoms with E-state index in [1.807, 2.05) is 19.1 Å². The predicted molar refractivity (Wildman–Crippen MR) is 153 cm³/mol. The highest BCUT2D eigenvalue weighted by molar-refractivity contribution is 5.71. The molecule has 46 heavy (non-hydrogen) atoms. The Labute approximate surface area is 257 Å². The number of halogens is 9. The first-order chi connectivity index (χ1) is 21.9. The maximum Gasteiger partial charge on any atom is 0.432 e. The Morgan fingerprint density at radius 2 is 1.04 bits per heavy atom. The SMILES string of the molecule is CCCOCc1ccc(-c2ccc(-c3cc(F)c(C(F)(F)Oc4ccc(-c5cc(F)c(F)c(F)c5)c(F)c4)c(F)c3)c(F)c2)cc1. The summed E-state index contributed by atoms with van der Waals surface area (Å²) in [4.78, 5) is 0. The van der Waals surface area contributed by atoms with Crippen LogP contribution in [-0.2, 0) is 17.5 Å². The van der Waals surface area contributed by atoms with Crippen molar-refractivity contribution in [2.24, 2.45) is 0 Å². The van der Waals surface area contributed by atoms with Crippen molar-refractivity contribution >= 4 is 0 Å². The van der Waals surface area contributed by atoms with Crippen LogP contribution in [-0.4, -0.2) is 6.61 Å². The lowest BCUT2D eigenvalue weighted by atomic mass is 9.97. The summed E-state index contributed by atoms with van der Waals surface area (Å²) < 4.78 is 140. The minimum Gasteiger partial charge on any atom is -0.429 e. The van der Waals surface area contributed by atoms with E-state index in [-0.39, 0.29) is 11.1 Å². The van der Waals surface area contributed by atoms with Crippen LogP contribution in [0.3, 0.4) is 0 Å². The molecule has 0 atom stereocenters. The van der Waals surface area contributed by atoms with Gasteiger partial charge in [-0.25, -0.2) is 30.7 Å². The molecule has 0 aromatic heterocycles. The summed E-state index contributed by atoms with van der Waals surface area (Å²) in [7, 11) is 0. The summed E-state index contributed by atoms with van der Waals surface area (Å²) in [5, 5.41) is 0. The van der Waals surface area contributed by atoms with E-state index in [0.717, 1.165) is 30.2 Å². The van der Waals surface area contributed by atoms with Crippen LogP contribution in [0.5, 0.6) is 5.75 Å². The molecular weight excluding hydrogens is 623 g/mol. The number of alkyl halides is 2. The highest BCUT2D eigenvalue weighted by Gasteiger charge is 2.41. The van der Waals surface area contributed by atoms with E-state index < -0.39 is 69.3 Å². The van der Waals surface area contributed by atoms with E-state index in [0.29, 0.717) is 54.7 Å². The summed E-state index contributed by atoms with van der Waals surface area (Å²) in [6.07, 6.45) is -3.80. The van der Waals surface area contributed by atoms with Gasteiger partial charge in [0.1, 0.15) is 34.6 Å². The van der Waals surface area contributed by atoms with Gasteiger partial charge in [-0.2, -0.15) is 8.78 Å². The minimum atomic E-state index is -4.68. The van der Waals surface area contributed by atoms with Gasteiger partial charge in [0.15, 0.2) is 17.5 Å². The van der Waals surface area contributed by atoms with Gasteiger partial charge in [0.05, 0.1) is 6.61 Å². The summed E-state index contributed by atoms with van der Waals surface area (Å²) in [5.41, 5.74) is -1.32. The first-order valence-corrected chi connectivity index (χ1v) is 13.9. The molecule has 0 radical (unpaired) electrons. The Kier molecular flexibility index (Phi) is 9.43. The Bertz CT molecular complexity index is 1840. The molecule has 0 aliphatic heterocycles. The van der Waals surface area contributed by atoms with Gasteiger partial charge in [0.2, 0.25) is 0 Å². The Hall–Kier alpha value is -4.77. The summed E-state index contributed by atoms with van der Waals surface area (Å²) in [6, 6.07) is 15.1. The van der Waals surface area contributed by atoms with Crippen molar-refractivity contribution in [3.8, 4) is 39.1 Å². The van der Waals surface area contributed by atoms with Gasteiger partial charge in [-0.05, 0) is 76.7 Å². The van der Waals surface area contributed by atoms with Crippen molar-refractivity contribution in [3.63, 3.8) is 0 Å². The van der Waals surface area contributed by atoms with Crippen LogP contribution >= 0.6 is 0 Å². The number of hydrogen-bond donors (Lipinski definition) is 0. The standard InChI is InChI=1S/C35H23F9O2/c1-2-11-45-18-19-3-5-20(6-4-19)21-7-9-25(27(36)12-21)22-13-29(38)33(30(39)14-22)35(43,44)46-24-8-10-26(28(37)17-24)23-15-31(40)34(42)32(41)16-23/h3-10,12-17H,2,11,18H2,1H3. The fourth-order valence-electron chi connectivity index (χ4n) is 4.77. The fourth-order valence-corrected chi connectivity index (χ4v) is 4.77. The zero-order valence-corrected chi connectivity index (χ0v) is 23.9. The molecule has 0 saturated heterocycles. The van der Waals surface area contributed by atoms with Crippen molar-refractivity contribution < 1.29 is 49.0 Å². The molecule has 11 heteroatoms. The van der Waals surface area contributed by atoms with Crippen molar-refractivity contribution in [1.29, 1.82) is 0 Å². The molecule has 0 N–H and O–H groups in total. The molecule has 0 amide bonds. The molecule has 0 aliphatic rings. The Balaban J connectivity index is 1.36. The van der Waals surface area contributed by atoms with E-state index in [1.54, 1.807) is 12.1 Å². The maximum atomic E-state index is 15.1. The van der Waals surface area contributed by atoms with Gasteiger partial charge in [0, 0.05) is 23.8 Å². The molecule has 0 bridgehead atoms. The van der Waals surface area contributed by atoms with Crippen LogP contribution < -0.4 is 4.74 Å². The highest BCUT2D eigenvalue weighted by atomic mass is 19.3. The van der Waals surface area contributed by atoms with E-state index in [4.69, 9.17) is 4.74 Å². The molecule has 238 valence electrons. The zero-order valence-electron chi connectivity index (χ0n) is 23.9. The Morgan fingerprint density at radius 3 is 1.59 bits per heavy atom. The third-order valence-corrected chi connectivity index (χ3v) is 7.00. The first kappa shape index (κ1) is 32.6. The van der Waals surface area contributed by atoms with Gasteiger partial charge in [-0.15, -0.1) is 0 Å². The van der Waals surface area contributed by atoms with Crippen molar-refractivity contribution in [1.82, 2.24) is 0 Å². The number of ether oxygens (including phenoxy) is 2. The van der Waals surface area contributed by atoms with Crippen LogP contribution in [0.4, 0.5) is 39.5 Å². The minimum absolute atomic E-state index is 0.256. The molecule has 0 unspecified atom stereocenters. The molecule has 0 saturated carbocycles. The van der Waals surface area contributed by atoms with Gasteiger partial charge < -0.3 is 9.47 Å². The van der Waals surface area contributed by atoms with Crippen LogP contribution in [0.15, 0.2) is 84.9 Å². The second-order valence-electron chi connectivity index (χ2n) is 10.3. The molecule has 2 nitrogen and oxygen atoms in total. The fraction of sp³-hybridized carbons (Fsp3) is 0.143. The number of hydrogen-bond acceptors (Lipinski definition) is 2. The van der Waals surface area contributed by atoms with Crippen molar-refractivity contribution in [3.05, 3.63) is 137 Å². The lowest BCUT2D eigenvalue weighted by Crippen LogP contribution is -2.25. The first-order valence-electron chi connectivity index (χ1n) is 13.9. The molecule has 0 aliphatic carbocycles. The van der Waals surface area contributed by atoms with Crippen LogP contribution in [0.25, 0.3) is 33.4 Å². The van der Waals surface area contributed by atoms with Gasteiger partial charge >= 0.3 is 6.11 Å². The average molecular weight is 647 g/mol.